The van der Waals surface area contributed by atoms with E-state index in [1.165, 1.54) is 31.6 Å². The second-order valence-electron chi connectivity index (χ2n) is 4.16. The molecule has 0 radical (unpaired) electrons. The van der Waals surface area contributed by atoms with Crippen molar-refractivity contribution in [3.05, 3.63) is 18.3 Å². The van der Waals surface area contributed by atoms with Crippen molar-refractivity contribution in [2.75, 3.05) is 30.4 Å². The third-order valence-corrected chi connectivity index (χ3v) is 3.23. The third kappa shape index (κ3) is 2.22. The predicted octanol–water partition coefficient (Wildman–Crippen LogP) is 2.36. The molecule has 0 aromatic carbocycles. The zero-order valence-electron chi connectivity index (χ0n) is 9.53. The molecule has 1 aromatic rings. The summed E-state index contributed by atoms with van der Waals surface area (Å²) in [6.07, 6.45) is 4.49. The Morgan fingerprint density at radius 2 is 2.47 bits per heavy atom. The molecule has 0 spiro atoms. The van der Waals surface area contributed by atoms with E-state index in [2.05, 4.69) is 34.3 Å². The van der Waals surface area contributed by atoms with Crippen LogP contribution in [0.4, 0.5) is 11.5 Å². The molecule has 15 heavy (non-hydrogen) atoms. The van der Waals surface area contributed by atoms with Crippen LogP contribution in [0, 0.1) is 5.92 Å². The Bertz CT molecular complexity index is 324. The summed E-state index contributed by atoms with van der Waals surface area (Å²) in [5, 5.41) is 3.08. The van der Waals surface area contributed by atoms with Gasteiger partial charge in [0.15, 0.2) is 0 Å². The van der Waals surface area contributed by atoms with E-state index in [-0.39, 0.29) is 0 Å². The van der Waals surface area contributed by atoms with Gasteiger partial charge in [-0.25, -0.2) is 4.98 Å². The SMILES string of the molecule is CCC1CCN(c2ccnc(NC)c2)C1. The van der Waals surface area contributed by atoms with Crippen molar-refractivity contribution in [3.63, 3.8) is 0 Å². The lowest BCUT2D eigenvalue weighted by molar-refractivity contribution is 0.569. The van der Waals surface area contributed by atoms with Gasteiger partial charge in [-0.15, -0.1) is 0 Å². The maximum absolute atomic E-state index is 4.23. The molecule has 2 rings (SSSR count). The number of anilines is 2. The molecule has 0 aliphatic carbocycles. The highest BCUT2D eigenvalue weighted by atomic mass is 15.2. The van der Waals surface area contributed by atoms with Crippen molar-refractivity contribution in [2.45, 2.75) is 19.8 Å². The third-order valence-electron chi connectivity index (χ3n) is 3.23. The highest BCUT2D eigenvalue weighted by Gasteiger charge is 2.21. The Hall–Kier alpha value is -1.25. The molecule has 0 saturated carbocycles. The summed E-state index contributed by atoms with van der Waals surface area (Å²) >= 11 is 0. The molecule has 1 atom stereocenters. The molecular formula is C12H19N3. The Labute approximate surface area is 91.5 Å². The normalized spacial score (nSPS) is 20.7. The zero-order chi connectivity index (χ0) is 10.7. The molecule has 0 amide bonds. The van der Waals surface area contributed by atoms with Crippen molar-refractivity contribution < 1.29 is 0 Å². The summed E-state index contributed by atoms with van der Waals surface area (Å²) in [5.41, 5.74) is 1.30. The van der Waals surface area contributed by atoms with Gasteiger partial charge in [0.25, 0.3) is 0 Å². The van der Waals surface area contributed by atoms with Crippen molar-refractivity contribution in [3.8, 4) is 0 Å². The molecule has 2 heterocycles. The van der Waals surface area contributed by atoms with Crippen LogP contribution < -0.4 is 10.2 Å². The van der Waals surface area contributed by atoms with E-state index in [1.54, 1.807) is 0 Å². The highest BCUT2D eigenvalue weighted by Crippen LogP contribution is 2.26. The summed E-state index contributed by atoms with van der Waals surface area (Å²) in [6, 6.07) is 4.22. The number of nitrogens with one attached hydrogen (secondary N) is 1. The van der Waals surface area contributed by atoms with Crippen molar-refractivity contribution in [2.24, 2.45) is 5.92 Å². The average molecular weight is 205 g/mol. The molecular weight excluding hydrogens is 186 g/mol. The number of nitrogens with zero attached hydrogens (tertiary/aromatic N) is 2. The van der Waals surface area contributed by atoms with Gasteiger partial charge in [-0.1, -0.05) is 13.3 Å². The van der Waals surface area contributed by atoms with Crippen molar-refractivity contribution in [1.82, 2.24) is 4.98 Å². The van der Waals surface area contributed by atoms with Gasteiger partial charge in [-0.05, 0) is 18.4 Å². The summed E-state index contributed by atoms with van der Waals surface area (Å²) in [4.78, 5) is 6.69. The number of aromatic nitrogens is 1. The Balaban J connectivity index is 2.09. The van der Waals surface area contributed by atoms with Gasteiger partial charge in [-0.2, -0.15) is 0 Å². The topological polar surface area (TPSA) is 28.2 Å². The smallest absolute Gasteiger partial charge is 0.127 e. The second kappa shape index (κ2) is 4.51. The van der Waals surface area contributed by atoms with Crippen LogP contribution in [-0.2, 0) is 0 Å². The molecule has 1 fully saturated rings. The molecule has 1 saturated heterocycles. The molecule has 1 unspecified atom stereocenters. The van der Waals surface area contributed by atoms with Crippen LogP contribution in [0.5, 0.6) is 0 Å². The second-order valence-corrected chi connectivity index (χ2v) is 4.16. The minimum atomic E-state index is 0.871. The summed E-state index contributed by atoms with van der Waals surface area (Å²) in [5.74, 6) is 1.82. The predicted molar refractivity (Wildman–Crippen MR) is 64.4 cm³/mol. The monoisotopic (exact) mass is 205 g/mol. The lowest BCUT2D eigenvalue weighted by atomic mass is 10.1. The van der Waals surface area contributed by atoms with Crippen LogP contribution in [0.3, 0.4) is 0 Å². The largest absolute Gasteiger partial charge is 0.373 e. The van der Waals surface area contributed by atoms with E-state index < -0.39 is 0 Å². The summed E-state index contributed by atoms with van der Waals surface area (Å²) < 4.78 is 0. The molecule has 0 bridgehead atoms. The number of rotatable bonds is 3. The van der Waals surface area contributed by atoms with Gasteiger partial charge in [-0.3, -0.25) is 0 Å². The van der Waals surface area contributed by atoms with E-state index in [4.69, 9.17) is 0 Å². The number of hydrogen-bond donors (Lipinski definition) is 1. The Kier molecular flexibility index (Phi) is 3.09. The van der Waals surface area contributed by atoms with Crippen LogP contribution >= 0.6 is 0 Å². The molecule has 1 aromatic heterocycles. The fraction of sp³-hybridized carbons (Fsp3) is 0.583. The van der Waals surface area contributed by atoms with E-state index in [0.717, 1.165) is 11.7 Å². The van der Waals surface area contributed by atoms with Gasteiger partial charge in [0.2, 0.25) is 0 Å². The molecule has 1 N–H and O–H groups in total. The van der Waals surface area contributed by atoms with Crippen molar-refractivity contribution in [1.29, 1.82) is 0 Å². The first-order chi connectivity index (χ1) is 7.33. The Morgan fingerprint density at radius 1 is 1.60 bits per heavy atom. The van der Waals surface area contributed by atoms with Gasteiger partial charge < -0.3 is 10.2 Å². The van der Waals surface area contributed by atoms with E-state index in [9.17, 15) is 0 Å². The van der Waals surface area contributed by atoms with Crippen LogP contribution in [0.2, 0.25) is 0 Å². The maximum Gasteiger partial charge on any atom is 0.127 e. The fourth-order valence-electron chi connectivity index (χ4n) is 2.15. The first-order valence-corrected chi connectivity index (χ1v) is 5.72. The Morgan fingerprint density at radius 3 is 3.13 bits per heavy atom. The molecule has 3 nitrogen and oxygen atoms in total. The maximum atomic E-state index is 4.23. The van der Waals surface area contributed by atoms with Crippen LogP contribution in [-0.4, -0.2) is 25.1 Å². The molecule has 1 aliphatic heterocycles. The van der Waals surface area contributed by atoms with Crippen LogP contribution in [0.1, 0.15) is 19.8 Å². The standard InChI is InChI=1S/C12H19N3/c1-3-10-5-7-15(9-10)11-4-6-14-12(8-11)13-2/h4,6,8,10H,3,5,7,9H2,1-2H3,(H,13,14). The first-order valence-electron chi connectivity index (χ1n) is 5.72. The van der Waals surface area contributed by atoms with Gasteiger partial charge in [0.05, 0.1) is 0 Å². The van der Waals surface area contributed by atoms with Crippen molar-refractivity contribution >= 4 is 11.5 Å². The van der Waals surface area contributed by atoms with Crippen LogP contribution in [0.15, 0.2) is 18.3 Å². The average Bonchev–Trinajstić information content (AvgIpc) is 2.78. The molecule has 1 aliphatic rings. The van der Waals surface area contributed by atoms with E-state index in [1.807, 2.05) is 13.2 Å². The summed E-state index contributed by atoms with van der Waals surface area (Å²) in [7, 11) is 1.91. The quantitative estimate of drug-likeness (QED) is 0.821. The number of hydrogen-bond acceptors (Lipinski definition) is 3. The number of pyridine rings is 1. The fourth-order valence-corrected chi connectivity index (χ4v) is 2.15. The van der Waals surface area contributed by atoms with Gasteiger partial charge >= 0.3 is 0 Å². The van der Waals surface area contributed by atoms with Gasteiger partial charge in [0.1, 0.15) is 5.82 Å². The molecule has 3 heteroatoms. The first kappa shape index (κ1) is 10.3. The minimum Gasteiger partial charge on any atom is -0.373 e. The minimum absolute atomic E-state index is 0.871. The van der Waals surface area contributed by atoms with E-state index >= 15 is 0 Å². The lowest BCUT2D eigenvalue weighted by Gasteiger charge is -2.18. The molecule has 82 valence electrons. The van der Waals surface area contributed by atoms with Gasteiger partial charge in [0, 0.05) is 38.1 Å². The highest BCUT2D eigenvalue weighted by molar-refractivity contribution is 5.54. The lowest BCUT2D eigenvalue weighted by Crippen LogP contribution is -2.19. The zero-order valence-corrected chi connectivity index (χ0v) is 9.53. The van der Waals surface area contributed by atoms with E-state index in [0.29, 0.717) is 0 Å². The summed E-state index contributed by atoms with van der Waals surface area (Å²) in [6.45, 7) is 4.66. The van der Waals surface area contributed by atoms with Crippen LogP contribution in [0.25, 0.3) is 0 Å².